The molecule has 1 fully saturated rings. The highest BCUT2D eigenvalue weighted by molar-refractivity contribution is 5.86. The summed E-state index contributed by atoms with van der Waals surface area (Å²) in [5.74, 6) is 0.0185. The molecule has 0 aromatic heterocycles. The Bertz CT molecular complexity index is 126. The third-order valence-corrected chi connectivity index (χ3v) is 1.62. The van der Waals surface area contributed by atoms with E-state index in [0.717, 1.165) is 0 Å². The van der Waals surface area contributed by atoms with Gasteiger partial charge in [-0.1, -0.05) is 6.58 Å². The summed E-state index contributed by atoms with van der Waals surface area (Å²) in [5, 5.41) is 0. The maximum absolute atomic E-state index is 9.69. The highest BCUT2D eigenvalue weighted by Gasteiger charge is 2.03. The van der Waals surface area contributed by atoms with Gasteiger partial charge in [-0.05, 0) is 46.0 Å². The summed E-state index contributed by atoms with van der Waals surface area (Å²) in [6.45, 7) is 7.31. The third-order valence-electron chi connectivity index (χ3n) is 1.62. The van der Waals surface area contributed by atoms with Gasteiger partial charge in [0.15, 0.2) is 5.78 Å². The zero-order chi connectivity index (χ0) is 8.69. The van der Waals surface area contributed by atoms with Crippen molar-refractivity contribution in [3.8, 4) is 0 Å². The zero-order valence-corrected chi connectivity index (χ0v) is 7.47. The van der Waals surface area contributed by atoms with Crippen molar-refractivity contribution in [1.29, 1.82) is 0 Å². The number of carbonyl (C=O) groups excluding carboxylic acids is 1. The lowest BCUT2D eigenvalue weighted by atomic mass is 10.4. The quantitative estimate of drug-likeness (QED) is 0.534. The predicted molar refractivity (Wildman–Crippen MR) is 47.6 cm³/mol. The molecule has 1 heterocycles. The summed E-state index contributed by atoms with van der Waals surface area (Å²) < 4.78 is 0. The molecule has 0 N–H and O–H groups in total. The molecule has 1 saturated heterocycles. The summed E-state index contributed by atoms with van der Waals surface area (Å²) in [4.78, 5) is 12.1. The average molecular weight is 155 g/mol. The smallest absolute Gasteiger partial charge is 0.152 e. The van der Waals surface area contributed by atoms with Crippen molar-refractivity contribution in [3.05, 3.63) is 12.7 Å². The number of allylic oxidation sites excluding steroid dienone is 1. The molecule has 1 rings (SSSR count). The highest BCUT2D eigenvalue weighted by atomic mass is 16.1. The number of ketones is 1. The molecule has 2 nitrogen and oxygen atoms in total. The van der Waals surface area contributed by atoms with Crippen LogP contribution in [0.25, 0.3) is 0 Å². The van der Waals surface area contributed by atoms with E-state index in [9.17, 15) is 4.79 Å². The third kappa shape index (κ3) is 7.26. The molecule has 0 radical (unpaired) electrons. The summed E-state index contributed by atoms with van der Waals surface area (Å²) in [5.41, 5.74) is 0. The molecule has 0 unspecified atom stereocenters. The Kier molecular flexibility index (Phi) is 5.75. The monoisotopic (exact) mass is 155 g/mol. The van der Waals surface area contributed by atoms with Gasteiger partial charge in [0.05, 0.1) is 0 Å². The van der Waals surface area contributed by atoms with E-state index >= 15 is 0 Å². The first-order valence-electron chi connectivity index (χ1n) is 3.98. The summed E-state index contributed by atoms with van der Waals surface area (Å²) in [6.07, 6.45) is 4.10. The number of carbonyl (C=O) groups is 1. The lowest BCUT2D eigenvalue weighted by Crippen LogP contribution is -2.10. The second kappa shape index (κ2) is 6.10. The van der Waals surface area contributed by atoms with Crippen LogP contribution < -0.4 is 0 Å². The maximum atomic E-state index is 9.69. The molecule has 0 aromatic carbocycles. The van der Waals surface area contributed by atoms with Crippen LogP contribution in [-0.2, 0) is 4.79 Å². The van der Waals surface area contributed by atoms with Gasteiger partial charge in [0.1, 0.15) is 0 Å². The fourth-order valence-corrected chi connectivity index (χ4v) is 0.875. The van der Waals surface area contributed by atoms with Crippen molar-refractivity contribution in [3.63, 3.8) is 0 Å². The van der Waals surface area contributed by atoms with Crippen LogP contribution in [0.1, 0.15) is 19.8 Å². The first-order chi connectivity index (χ1) is 5.16. The Morgan fingerprint density at radius 1 is 1.45 bits per heavy atom. The van der Waals surface area contributed by atoms with Crippen LogP contribution in [0.4, 0.5) is 0 Å². The van der Waals surface area contributed by atoms with Crippen molar-refractivity contribution < 1.29 is 4.79 Å². The van der Waals surface area contributed by atoms with E-state index in [1.165, 1.54) is 38.9 Å². The van der Waals surface area contributed by atoms with Crippen molar-refractivity contribution in [2.75, 3.05) is 20.1 Å². The maximum Gasteiger partial charge on any atom is 0.152 e. The van der Waals surface area contributed by atoms with E-state index in [-0.39, 0.29) is 5.78 Å². The second-order valence-electron chi connectivity index (χ2n) is 2.83. The Labute approximate surface area is 68.9 Å². The van der Waals surface area contributed by atoms with Crippen molar-refractivity contribution in [1.82, 2.24) is 4.90 Å². The minimum absolute atomic E-state index is 0.0185. The summed E-state index contributed by atoms with van der Waals surface area (Å²) >= 11 is 0. The van der Waals surface area contributed by atoms with E-state index < -0.39 is 0 Å². The van der Waals surface area contributed by atoms with Crippen LogP contribution in [0.5, 0.6) is 0 Å². The minimum Gasteiger partial charge on any atom is -0.306 e. The van der Waals surface area contributed by atoms with Gasteiger partial charge < -0.3 is 4.90 Å². The number of nitrogens with zero attached hydrogens (tertiary/aromatic N) is 1. The molecular weight excluding hydrogens is 138 g/mol. The zero-order valence-electron chi connectivity index (χ0n) is 7.47. The van der Waals surface area contributed by atoms with Crippen LogP contribution >= 0.6 is 0 Å². The van der Waals surface area contributed by atoms with Crippen molar-refractivity contribution in [2.45, 2.75) is 19.8 Å². The standard InChI is InChI=1S/C5H11N.C4H6O/c1-6-4-2-3-5-6;1-3-4(2)5/h2-5H2,1H3;3H,1H2,2H3. The first-order valence-corrected chi connectivity index (χ1v) is 3.98. The van der Waals surface area contributed by atoms with Crippen LogP contribution in [-0.4, -0.2) is 30.8 Å². The van der Waals surface area contributed by atoms with E-state index in [4.69, 9.17) is 0 Å². The van der Waals surface area contributed by atoms with Gasteiger partial charge in [-0.15, -0.1) is 0 Å². The Balaban J connectivity index is 0.000000187. The molecule has 1 aliphatic rings. The topological polar surface area (TPSA) is 20.3 Å². The van der Waals surface area contributed by atoms with Gasteiger partial charge in [-0.3, -0.25) is 4.79 Å². The lowest BCUT2D eigenvalue weighted by molar-refractivity contribution is -0.112. The molecule has 0 aromatic rings. The normalized spacial score (nSPS) is 16.9. The molecule has 0 amide bonds. The molecule has 2 heteroatoms. The van der Waals surface area contributed by atoms with Gasteiger partial charge in [0, 0.05) is 0 Å². The van der Waals surface area contributed by atoms with Crippen LogP contribution in [0, 0.1) is 0 Å². The lowest BCUT2D eigenvalue weighted by Gasteiger charge is -2.01. The number of likely N-dealkylation sites (tertiary alicyclic amines) is 1. The fourth-order valence-electron chi connectivity index (χ4n) is 0.875. The van der Waals surface area contributed by atoms with E-state index in [0.29, 0.717) is 0 Å². The van der Waals surface area contributed by atoms with Crippen LogP contribution in [0.15, 0.2) is 12.7 Å². The number of hydrogen-bond acceptors (Lipinski definition) is 2. The van der Waals surface area contributed by atoms with Gasteiger partial charge in [0.2, 0.25) is 0 Å². The number of rotatable bonds is 1. The van der Waals surface area contributed by atoms with Gasteiger partial charge in [-0.25, -0.2) is 0 Å². The molecule has 0 atom stereocenters. The average Bonchev–Trinajstić information content (AvgIpc) is 2.41. The Morgan fingerprint density at radius 3 is 1.91 bits per heavy atom. The van der Waals surface area contributed by atoms with Crippen LogP contribution in [0.3, 0.4) is 0 Å². The molecule has 0 spiro atoms. The number of hydrogen-bond donors (Lipinski definition) is 0. The largest absolute Gasteiger partial charge is 0.306 e. The summed E-state index contributed by atoms with van der Waals surface area (Å²) in [7, 11) is 2.17. The molecular formula is C9H17NO. The van der Waals surface area contributed by atoms with Crippen molar-refractivity contribution in [2.24, 2.45) is 0 Å². The van der Waals surface area contributed by atoms with Crippen molar-refractivity contribution >= 4 is 5.78 Å². The van der Waals surface area contributed by atoms with E-state index in [2.05, 4.69) is 18.5 Å². The predicted octanol–water partition coefficient (Wildman–Crippen LogP) is 1.47. The Morgan fingerprint density at radius 2 is 1.82 bits per heavy atom. The van der Waals surface area contributed by atoms with Gasteiger partial charge >= 0.3 is 0 Å². The van der Waals surface area contributed by atoms with E-state index in [1.807, 2.05) is 0 Å². The van der Waals surface area contributed by atoms with Gasteiger partial charge in [-0.2, -0.15) is 0 Å². The molecule has 11 heavy (non-hydrogen) atoms. The van der Waals surface area contributed by atoms with Gasteiger partial charge in [0.25, 0.3) is 0 Å². The van der Waals surface area contributed by atoms with Crippen LogP contribution in [0.2, 0.25) is 0 Å². The second-order valence-corrected chi connectivity index (χ2v) is 2.83. The molecule has 0 bridgehead atoms. The minimum atomic E-state index is 0.0185. The summed E-state index contributed by atoms with van der Waals surface area (Å²) in [6, 6.07) is 0. The Hall–Kier alpha value is -0.630. The molecule has 0 aliphatic carbocycles. The molecule has 64 valence electrons. The molecule has 1 aliphatic heterocycles. The molecule has 0 saturated carbocycles. The fraction of sp³-hybridized carbons (Fsp3) is 0.667. The first kappa shape index (κ1) is 10.4. The van der Waals surface area contributed by atoms with E-state index in [1.54, 1.807) is 0 Å². The SMILES string of the molecule is C=CC(C)=O.CN1CCCC1. The highest BCUT2D eigenvalue weighted by Crippen LogP contribution is 2.01.